The standard InChI is InChI=1S/C19H23N3O2/c1-12-8-9-15(11-16(12)22-18(24)19(2,3)4)21-17(23)13-6-5-7-14(20)10-13/h5-11H,20H2,1-4H3,(H,21,23)(H,22,24). The van der Waals surface area contributed by atoms with Crippen molar-refractivity contribution in [2.45, 2.75) is 27.7 Å². The van der Waals surface area contributed by atoms with Gasteiger partial charge in [-0.3, -0.25) is 9.59 Å². The van der Waals surface area contributed by atoms with Crippen molar-refractivity contribution in [3.8, 4) is 0 Å². The lowest BCUT2D eigenvalue weighted by molar-refractivity contribution is -0.123. The summed E-state index contributed by atoms with van der Waals surface area (Å²) in [5, 5.41) is 5.72. The minimum atomic E-state index is -0.493. The highest BCUT2D eigenvalue weighted by Gasteiger charge is 2.21. The van der Waals surface area contributed by atoms with E-state index < -0.39 is 5.41 Å². The molecule has 0 saturated carbocycles. The molecule has 2 amide bonds. The molecular weight excluding hydrogens is 302 g/mol. The first-order valence-electron chi connectivity index (χ1n) is 7.76. The summed E-state index contributed by atoms with van der Waals surface area (Å²) in [6, 6.07) is 12.2. The lowest BCUT2D eigenvalue weighted by Gasteiger charge is -2.19. The Morgan fingerprint density at radius 2 is 1.71 bits per heavy atom. The molecule has 0 heterocycles. The van der Waals surface area contributed by atoms with E-state index in [9.17, 15) is 9.59 Å². The third kappa shape index (κ3) is 4.35. The van der Waals surface area contributed by atoms with E-state index in [1.165, 1.54) is 0 Å². The highest BCUT2D eigenvalue weighted by atomic mass is 16.2. The van der Waals surface area contributed by atoms with Crippen LogP contribution >= 0.6 is 0 Å². The van der Waals surface area contributed by atoms with Crippen LogP contribution in [0.3, 0.4) is 0 Å². The highest BCUT2D eigenvalue weighted by Crippen LogP contribution is 2.24. The second-order valence-corrected chi connectivity index (χ2v) is 6.81. The summed E-state index contributed by atoms with van der Waals surface area (Å²) in [7, 11) is 0. The van der Waals surface area contributed by atoms with Crippen LogP contribution in [0.15, 0.2) is 42.5 Å². The van der Waals surface area contributed by atoms with Crippen molar-refractivity contribution >= 4 is 28.9 Å². The molecule has 0 spiro atoms. The molecular formula is C19H23N3O2. The summed E-state index contributed by atoms with van der Waals surface area (Å²) in [6.45, 7) is 7.46. The van der Waals surface area contributed by atoms with Gasteiger partial charge in [0.15, 0.2) is 0 Å². The number of aryl methyl sites for hydroxylation is 1. The lowest BCUT2D eigenvalue weighted by atomic mass is 9.95. The second-order valence-electron chi connectivity index (χ2n) is 6.81. The zero-order valence-electron chi connectivity index (χ0n) is 14.4. The zero-order valence-corrected chi connectivity index (χ0v) is 14.4. The van der Waals surface area contributed by atoms with Gasteiger partial charge in [-0.1, -0.05) is 32.9 Å². The van der Waals surface area contributed by atoms with Crippen molar-refractivity contribution in [3.63, 3.8) is 0 Å². The van der Waals surface area contributed by atoms with Gasteiger partial charge in [-0.2, -0.15) is 0 Å². The van der Waals surface area contributed by atoms with Gasteiger partial charge in [0.1, 0.15) is 0 Å². The number of hydrogen-bond acceptors (Lipinski definition) is 3. The van der Waals surface area contributed by atoms with Crippen molar-refractivity contribution in [1.82, 2.24) is 0 Å². The summed E-state index contributed by atoms with van der Waals surface area (Å²) in [5.74, 6) is -0.329. The fraction of sp³-hybridized carbons (Fsp3) is 0.263. The minimum absolute atomic E-state index is 0.0788. The lowest BCUT2D eigenvalue weighted by Crippen LogP contribution is -2.28. The maximum atomic E-state index is 12.3. The Bertz CT molecular complexity index is 776. The van der Waals surface area contributed by atoms with Crippen LogP contribution < -0.4 is 16.4 Å². The first-order chi connectivity index (χ1) is 11.2. The molecule has 0 aliphatic carbocycles. The number of amides is 2. The van der Waals surface area contributed by atoms with E-state index >= 15 is 0 Å². The molecule has 0 unspecified atom stereocenters. The third-order valence-corrected chi connectivity index (χ3v) is 3.57. The number of hydrogen-bond donors (Lipinski definition) is 3. The van der Waals surface area contributed by atoms with Gasteiger partial charge >= 0.3 is 0 Å². The number of nitrogens with one attached hydrogen (secondary N) is 2. The molecule has 0 aliphatic heterocycles. The molecule has 2 aromatic rings. The molecule has 0 saturated heterocycles. The quantitative estimate of drug-likeness (QED) is 0.750. The maximum Gasteiger partial charge on any atom is 0.255 e. The Labute approximate surface area is 142 Å². The molecule has 126 valence electrons. The minimum Gasteiger partial charge on any atom is -0.399 e. The molecule has 0 aliphatic rings. The molecule has 0 atom stereocenters. The Morgan fingerprint density at radius 3 is 2.33 bits per heavy atom. The molecule has 5 nitrogen and oxygen atoms in total. The summed E-state index contributed by atoms with van der Waals surface area (Å²) in [4.78, 5) is 24.5. The van der Waals surface area contributed by atoms with Gasteiger partial charge in [0, 0.05) is 28.0 Å². The highest BCUT2D eigenvalue weighted by molar-refractivity contribution is 6.05. The van der Waals surface area contributed by atoms with E-state index in [-0.39, 0.29) is 11.8 Å². The van der Waals surface area contributed by atoms with Gasteiger partial charge in [-0.05, 0) is 42.8 Å². The van der Waals surface area contributed by atoms with Gasteiger partial charge in [0.05, 0.1) is 0 Å². The molecule has 0 fully saturated rings. The van der Waals surface area contributed by atoms with Gasteiger partial charge in [0.2, 0.25) is 5.91 Å². The first-order valence-corrected chi connectivity index (χ1v) is 7.76. The van der Waals surface area contributed by atoms with E-state index in [2.05, 4.69) is 10.6 Å². The predicted octanol–water partition coefficient (Wildman–Crippen LogP) is 3.81. The molecule has 0 aromatic heterocycles. The molecule has 5 heteroatoms. The number of rotatable bonds is 3. The topological polar surface area (TPSA) is 84.2 Å². The SMILES string of the molecule is Cc1ccc(NC(=O)c2cccc(N)c2)cc1NC(=O)C(C)(C)C. The third-order valence-electron chi connectivity index (χ3n) is 3.57. The smallest absolute Gasteiger partial charge is 0.255 e. The summed E-state index contributed by atoms with van der Waals surface area (Å²) in [6.07, 6.45) is 0. The average molecular weight is 325 g/mol. The Hall–Kier alpha value is -2.82. The van der Waals surface area contributed by atoms with Crippen LogP contribution in [0.5, 0.6) is 0 Å². The van der Waals surface area contributed by atoms with Gasteiger partial charge < -0.3 is 16.4 Å². The normalized spacial score (nSPS) is 11.0. The Morgan fingerprint density at radius 1 is 1.00 bits per heavy atom. The van der Waals surface area contributed by atoms with E-state index in [0.29, 0.717) is 22.6 Å². The Balaban J connectivity index is 2.19. The van der Waals surface area contributed by atoms with Crippen molar-refractivity contribution in [3.05, 3.63) is 53.6 Å². The maximum absolute atomic E-state index is 12.3. The van der Waals surface area contributed by atoms with Crippen LogP contribution in [0.2, 0.25) is 0 Å². The molecule has 0 radical (unpaired) electrons. The summed E-state index contributed by atoms with van der Waals surface area (Å²) < 4.78 is 0. The number of carbonyl (C=O) groups is 2. The van der Waals surface area contributed by atoms with Crippen LogP contribution in [-0.4, -0.2) is 11.8 Å². The fourth-order valence-corrected chi connectivity index (χ4v) is 2.03. The zero-order chi connectivity index (χ0) is 17.9. The van der Waals surface area contributed by atoms with E-state index in [1.807, 2.05) is 33.8 Å². The first kappa shape index (κ1) is 17.5. The Kier molecular flexibility index (Phi) is 4.93. The fourth-order valence-electron chi connectivity index (χ4n) is 2.03. The molecule has 0 bridgehead atoms. The van der Waals surface area contributed by atoms with Gasteiger partial charge in [-0.25, -0.2) is 0 Å². The van der Waals surface area contributed by atoms with Crippen LogP contribution in [0, 0.1) is 12.3 Å². The number of nitrogens with two attached hydrogens (primary N) is 1. The molecule has 4 N–H and O–H groups in total. The largest absolute Gasteiger partial charge is 0.399 e. The molecule has 2 aromatic carbocycles. The summed E-state index contributed by atoms with van der Waals surface area (Å²) in [5.41, 5.74) is 8.44. The molecule has 24 heavy (non-hydrogen) atoms. The van der Waals surface area contributed by atoms with Crippen LogP contribution in [0.25, 0.3) is 0 Å². The van der Waals surface area contributed by atoms with Crippen molar-refractivity contribution < 1.29 is 9.59 Å². The number of anilines is 3. The second kappa shape index (κ2) is 6.74. The van der Waals surface area contributed by atoms with Gasteiger partial charge in [-0.15, -0.1) is 0 Å². The van der Waals surface area contributed by atoms with Crippen LogP contribution in [0.1, 0.15) is 36.7 Å². The van der Waals surface area contributed by atoms with E-state index in [4.69, 9.17) is 5.73 Å². The van der Waals surface area contributed by atoms with Crippen LogP contribution in [-0.2, 0) is 4.79 Å². The van der Waals surface area contributed by atoms with E-state index in [1.54, 1.807) is 36.4 Å². The van der Waals surface area contributed by atoms with Crippen molar-refractivity contribution in [1.29, 1.82) is 0 Å². The number of carbonyl (C=O) groups excluding carboxylic acids is 2. The summed E-state index contributed by atoms with van der Waals surface area (Å²) >= 11 is 0. The number of benzene rings is 2. The monoisotopic (exact) mass is 325 g/mol. The average Bonchev–Trinajstić information content (AvgIpc) is 2.49. The number of nitrogen functional groups attached to an aromatic ring is 1. The van der Waals surface area contributed by atoms with Crippen molar-refractivity contribution in [2.24, 2.45) is 5.41 Å². The van der Waals surface area contributed by atoms with Gasteiger partial charge in [0.25, 0.3) is 5.91 Å². The van der Waals surface area contributed by atoms with E-state index in [0.717, 1.165) is 5.56 Å². The predicted molar refractivity (Wildman–Crippen MR) is 98.1 cm³/mol. The van der Waals surface area contributed by atoms with Crippen LogP contribution in [0.4, 0.5) is 17.1 Å². The van der Waals surface area contributed by atoms with Crippen molar-refractivity contribution in [2.75, 3.05) is 16.4 Å². The molecule has 2 rings (SSSR count).